The van der Waals surface area contributed by atoms with Gasteiger partial charge in [-0.05, 0) is 118 Å². The van der Waals surface area contributed by atoms with Crippen LogP contribution in [0, 0.1) is 23.2 Å². The lowest BCUT2D eigenvalue weighted by Crippen LogP contribution is -2.37. The number of aliphatic hydroxyl groups excluding tert-OH is 2. The lowest BCUT2D eigenvalue weighted by Gasteiger charge is -2.44. The summed E-state index contributed by atoms with van der Waals surface area (Å²) in [5.74, 6) is 1.74. The van der Waals surface area contributed by atoms with Crippen LogP contribution in [0.2, 0.25) is 0 Å². The molecule has 5 rings (SSSR count). The molecule has 0 radical (unpaired) electrons. The third-order valence-corrected chi connectivity index (χ3v) is 13.0. The quantitative estimate of drug-likeness (QED) is 0.215. The van der Waals surface area contributed by atoms with Gasteiger partial charge in [-0.25, -0.2) is 4.98 Å². The minimum Gasteiger partial charge on any atom is -0.461 e. The molecular formula is C38H57NO4S. The Morgan fingerprint density at radius 1 is 1.18 bits per heavy atom. The van der Waals surface area contributed by atoms with E-state index in [0.717, 1.165) is 56.1 Å². The number of esters is 1. The van der Waals surface area contributed by atoms with Gasteiger partial charge in [0.1, 0.15) is 11.1 Å². The zero-order chi connectivity index (χ0) is 31.5. The molecule has 2 N–H and O–H groups in total. The summed E-state index contributed by atoms with van der Waals surface area (Å²) in [4.78, 5) is 19.1. The van der Waals surface area contributed by atoms with Crippen molar-refractivity contribution in [2.45, 2.75) is 154 Å². The van der Waals surface area contributed by atoms with E-state index in [1.54, 1.807) is 0 Å². The van der Waals surface area contributed by atoms with Gasteiger partial charge in [0.2, 0.25) is 0 Å². The average molecular weight is 624 g/mol. The third-order valence-electron chi connectivity index (χ3n) is 11.8. The highest BCUT2D eigenvalue weighted by atomic mass is 32.1. The predicted octanol–water partition coefficient (Wildman–Crippen LogP) is 8.79. The number of carbonyl (C=O) groups is 1. The Balaban J connectivity index is 1.28. The SMILES string of the molecule is C=C1C(=CC=C2CCC[C@]3(C)[C@@H]([C@H](C)CC[C@@H](OC(=O)CCC)C4(c5ncc(CCCC)s5)CC4)CC[C@@H]23)C[C@@H](O)C[C@@H]1O. The van der Waals surface area contributed by atoms with Crippen LogP contribution in [0.1, 0.15) is 134 Å². The smallest absolute Gasteiger partial charge is 0.306 e. The number of thiazole rings is 1. The fourth-order valence-corrected chi connectivity index (χ4v) is 10.2. The van der Waals surface area contributed by atoms with Crippen LogP contribution in [0.15, 0.2) is 41.6 Å². The Kier molecular flexibility index (Phi) is 11.0. The summed E-state index contributed by atoms with van der Waals surface area (Å²) in [6.07, 6.45) is 21.3. The molecule has 5 nitrogen and oxygen atoms in total. The number of unbranched alkanes of at least 4 members (excludes halogenated alkanes) is 1. The molecule has 4 aliphatic carbocycles. The Morgan fingerprint density at radius 3 is 2.70 bits per heavy atom. The average Bonchev–Trinajstić information content (AvgIpc) is 3.51. The molecule has 0 spiro atoms. The monoisotopic (exact) mass is 623 g/mol. The predicted molar refractivity (Wildman–Crippen MR) is 180 cm³/mol. The highest BCUT2D eigenvalue weighted by Gasteiger charge is 2.56. The second-order valence-corrected chi connectivity index (χ2v) is 16.0. The van der Waals surface area contributed by atoms with Gasteiger partial charge < -0.3 is 14.9 Å². The van der Waals surface area contributed by atoms with Gasteiger partial charge in [0.05, 0.1) is 17.6 Å². The van der Waals surface area contributed by atoms with Crippen molar-refractivity contribution in [2.75, 3.05) is 0 Å². The minimum absolute atomic E-state index is 0.0519. The van der Waals surface area contributed by atoms with Crippen molar-refractivity contribution in [3.63, 3.8) is 0 Å². The number of nitrogens with zero attached hydrogens (tertiary/aromatic N) is 1. The van der Waals surface area contributed by atoms with Gasteiger partial charge in [-0.15, -0.1) is 11.3 Å². The maximum atomic E-state index is 12.8. The van der Waals surface area contributed by atoms with E-state index < -0.39 is 12.2 Å². The number of fused-ring (bicyclic) bond motifs is 1. The molecule has 4 fully saturated rings. The molecule has 1 heterocycles. The summed E-state index contributed by atoms with van der Waals surface area (Å²) in [5, 5.41) is 21.7. The number of aromatic nitrogens is 1. The Bertz CT molecular complexity index is 1230. The van der Waals surface area contributed by atoms with Crippen molar-refractivity contribution in [2.24, 2.45) is 23.2 Å². The van der Waals surface area contributed by atoms with Crippen molar-refractivity contribution in [3.05, 3.63) is 51.5 Å². The van der Waals surface area contributed by atoms with Crippen molar-refractivity contribution in [1.29, 1.82) is 0 Å². The molecule has 4 saturated carbocycles. The number of aliphatic hydroxyl groups is 2. The summed E-state index contributed by atoms with van der Waals surface area (Å²) < 4.78 is 6.31. The summed E-state index contributed by atoms with van der Waals surface area (Å²) in [5.41, 5.74) is 3.49. The van der Waals surface area contributed by atoms with E-state index in [-0.39, 0.29) is 22.9 Å². The number of aryl methyl sites for hydroxylation is 1. The van der Waals surface area contributed by atoms with Crippen molar-refractivity contribution in [1.82, 2.24) is 4.98 Å². The van der Waals surface area contributed by atoms with Crippen LogP contribution >= 0.6 is 11.3 Å². The van der Waals surface area contributed by atoms with E-state index in [0.29, 0.717) is 37.0 Å². The maximum Gasteiger partial charge on any atom is 0.306 e. The highest BCUT2D eigenvalue weighted by Crippen LogP contribution is 2.60. The number of hydrogen-bond donors (Lipinski definition) is 2. The van der Waals surface area contributed by atoms with Crippen LogP contribution < -0.4 is 0 Å². The Labute approximate surface area is 270 Å². The van der Waals surface area contributed by atoms with E-state index in [1.165, 1.54) is 54.0 Å². The van der Waals surface area contributed by atoms with Gasteiger partial charge in [0, 0.05) is 23.9 Å². The first-order chi connectivity index (χ1) is 21.1. The molecule has 0 saturated heterocycles. The van der Waals surface area contributed by atoms with Gasteiger partial charge in [-0.2, -0.15) is 0 Å². The lowest BCUT2D eigenvalue weighted by atomic mass is 9.60. The maximum absolute atomic E-state index is 12.8. The van der Waals surface area contributed by atoms with Crippen LogP contribution in [0.3, 0.4) is 0 Å². The molecule has 0 bridgehead atoms. The Morgan fingerprint density at radius 2 is 1.98 bits per heavy atom. The molecule has 0 aliphatic heterocycles. The molecule has 244 valence electrons. The van der Waals surface area contributed by atoms with Gasteiger partial charge >= 0.3 is 5.97 Å². The second-order valence-electron chi connectivity index (χ2n) is 14.8. The standard InChI is InChI=1S/C38H57NO4S/c1-6-8-12-30-24-39-36(44-30)38(20-21-38)34(43-35(42)10-7-2)18-13-25(3)31-16-17-32-27(11-9-19-37(31,32)5)14-15-28-22-29(40)23-33(41)26(28)4/h14-15,24-25,29,31-34,40-41H,4,6-13,16-23H2,1-3,5H3/t25-,29-,31-,32+,33+,34-,37-/m1/s1. The van der Waals surface area contributed by atoms with Crippen molar-refractivity contribution < 1.29 is 19.7 Å². The zero-order valence-corrected chi connectivity index (χ0v) is 28.6. The minimum atomic E-state index is -0.643. The first-order valence-electron chi connectivity index (χ1n) is 17.7. The summed E-state index contributed by atoms with van der Waals surface area (Å²) in [6, 6.07) is 0. The van der Waals surface area contributed by atoms with Crippen molar-refractivity contribution >= 4 is 17.3 Å². The number of hydrogen-bond acceptors (Lipinski definition) is 6. The zero-order valence-electron chi connectivity index (χ0n) is 27.8. The normalized spacial score (nSPS) is 32.9. The van der Waals surface area contributed by atoms with Crippen LogP contribution in [0.25, 0.3) is 0 Å². The summed E-state index contributed by atoms with van der Waals surface area (Å²) in [7, 11) is 0. The molecule has 44 heavy (non-hydrogen) atoms. The fourth-order valence-electron chi connectivity index (χ4n) is 8.98. The lowest BCUT2D eigenvalue weighted by molar-refractivity contribution is -0.151. The van der Waals surface area contributed by atoms with Crippen LogP contribution in [0.5, 0.6) is 0 Å². The summed E-state index contributed by atoms with van der Waals surface area (Å²) >= 11 is 1.85. The van der Waals surface area contributed by atoms with E-state index in [4.69, 9.17) is 9.72 Å². The number of allylic oxidation sites excluding steroid dienone is 3. The highest BCUT2D eigenvalue weighted by molar-refractivity contribution is 7.11. The molecule has 1 aromatic heterocycles. The number of ether oxygens (including phenoxy) is 1. The molecule has 7 atom stereocenters. The molecular weight excluding hydrogens is 566 g/mol. The van der Waals surface area contributed by atoms with E-state index in [9.17, 15) is 15.0 Å². The summed E-state index contributed by atoms with van der Waals surface area (Å²) in [6.45, 7) is 13.4. The van der Waals surface area contributed by atoms with Crippen LogP contribution in [0.4, 0.5) is 0 Å². The van der Waals surface area contributed by atoms with Crippen LogP contribution in [-0.2, 0) is 21.4 Å². The largest absolute Gasteiger partial charge is 0.461 e. The number of rotatable bonds is 13. The first-order valence-corrected chi connectivity index (χ1v) is 18.5. The van der Waals surface area contributed by atoms with Gasteiger partial charge in [0.15, 0.2) is 0 Å². The second kappa shape index (κ2) is 14.3. The topological polar surface area (TPSA) is 79.7 Å². The number of carbonyl (C=O) groups excluding carboxylic acids is 1. The molecule has 1 aromatic rings. The van der Waals surface area contributed by atoms with Gasteiger partial charge in [0.25, 0.3) is 0 Å². The van der Waals surface area contributed by atoms with E-state index in [1.807, 2.05) is 18.3 Å². The van der Waals surface area contributed by atoms with Crippen molar-refractivity contribution in [3.8, 4) is 0 Å². The van der Waals surface area contributed by atoms with Gasteiger partial charge in [-0.1, -0.05) is 58.4 Å². The Hall–Kier alpha value is -1.76. The van der Waals surface area contributed by atoms with E-state index >= 15 is 0 Å². The van der Waals surface area contributed by atoms with Crippen LogP contribution in [-0.4, -0.2) is 39.5 Å². The molecule has 4 aliphatic rings. The molecule has 0 amide bonds. The molecule has 0 unspecified atom stereocenters. The third kappa shape index (κ3) is 7.13. The van der Waals surface area contributed by atoms with E-state index in [2.05, 4.69) is 45.7 Å². The first kappa shape index (κ1) is 33.6. The molecule has 0 aromatic carbocycles. The van der Waals surface area contributed by atoms with Gasteiger partial charge in [-0.3, -0.25) is 4.79 Å². The molecule has 6 heteroatoms. The fraction of sp³-hybridized carbons (Fsp3) is 0.737.